The number of rotatable bonds is 10. The molecule has 8 nitrogen and oxygen atoms in total. The number of halogens is 6. The number of alkyl halides is 5. The van der Waals surface area contributed by atoms with E-state index in [-0.39, 0.29) is 61.5 Å². The minimum Gasteiger partial charge on any atom is -0.497 e. The van der Waals surface area contributed by atoms with Gasteiger partial charge < -0.3 is 24.0 Å². The largest absolute Gasteiger partial charge is 0.497 e. The Labute approximate surface area is 347 Å². The molecule has 4 heterocycles. The van der Waals surface area contributed by atoms with Crippen LogP contribution in [0.4, 0.5) is 38.0 Å². The summed E-state index contributed by atoms with van der Waals surface area (Å²) in [5.41, 5.74) is 4.79. The first kappa shape index (κ1) is 42.3. The highest BCUT2D eigenvalue weighted by Gasteiger charge is 2.43. The van der Waals surface area contributed by atoms with E-state index < -0.39 is 29.6 Å². The number of anilines is 2. The number of pyridine rings is 1. The van der Waals surface area contributed by atoms with Crippen LogP contribution in [-0.2, 0) is 35.1 Å². The van der Waals surface area contributed by atoms with E-state index in [1.54, 1.807) is 7.11 Å². The second-order valence-corrected chi connectivity index (χ2v) is 17.7. The molecular weight excluding hydrogens is 785 g/mol. The van der Waals surface area contributed by atoms with Crippen LogP contribution in [0.25, 0.3) is 0 Å². The van der Waals surface area contributed by atoms with Gasteiger partial charge in [-0.05, 0) is 96.4 Å². The summed E-state index contributed by atoms with van der Waals surface area (Å²) in [7, 11) is 1.60. The Hall–Kier alpha value is -4.43. The number of hydrogen-bond acceptors (Lipinski definition) is 8. The zero-order valence-electron chi connectivity index (χ0n) is 34.5. The molecule has 2 aromatic heterocycles. The van der Waals surface area contributed by atoms with E-state index in [2.05, 4.69) is 23.6 Å². The summed E-state index contributed by atoms with van der Waals surface area (Å²) in [4.78, 5) is 19.2. The Morgan fingerprint density at radius 2 is 1.53 bits per heavy atom. The number of benzene rings is 2. The van der Waals surface area contributed by atoms with Gasteiger partial charge in [-0.2, -0.15) is 13.2 Å². The minimum atomic E-state index is -4.71. The summed E-state index contributed by atoms with van der Waals surface area (Å²) < 4.78 is 104. The maximum absolute atomic E-state index is 15.9. The Balaban J connectivity index is 1.19. The van der Waals surface area contributed by atoms with Crippen molar-refractivity contribution in [2.24, 2.45) is 5.41 Å². The molecule has 0 unspecified atom stereocenters. The van der Waals surface area contributed by atoms with E-state index >= 15 is 4.39 Å². The van der Waals surface area contributed by atoms with Gasteiger partial charge in [-0.1, -0.05) is 32.0 Å². The van der Waals surface area contributed by atoms with Crippen molar-refractivity contribution in [3.8, 4) is 5.75 Å². The Morgan fingerprint density at radius 3 is 2.17 bits per heavy atom. The topological polar surface area (TPSA) is 72.8 Å². The monoisotopic (exact) mass is 837 g/mol. The van der Waals surface area contributed by atoms with E-state index in [0.717, 1.165) is 64.2 Å². The van der Waals surface area contributed by atoms with Gasteiger partial charge in [-0.15, -0.1) is 0 Å². The first-order chi connectivity index (χ1) is 28.7. The maximum Gasteiger partial charge on any atom is 0.416 e. The van der Waals surface area contributed by atoms with Gasteiger partial charge in [0.15, 0.2) is 0 Å². The fourth-order valence-electron chi connectivity index (χ4n) is 9.60. The zero-order chi connectivity index (χ0) is 42.2. The molecule has 4 aromatic rings. The summed E-state index contributed by atoms with van der Waals surface area (Å²) in [5, 5.41) is 0. The third-order valence-electron chi connectivity index (χ3n) is 12.8. The molecule has 2 saturated heterocycles. The van der Waals surface area contributed by atoms with Crippen LogP contribution in [0, 0.1) is 11.2 Å². The van der Waals surface area contributed by atoms with Gasteiger partial charge in [0.25, 0.3) is 0 Å². The van der Waals surface area contributed by atoms with Gasteiger partial charge in [-0.25, -0.2) is 23.1 Å². The van der Waals surface area contributed by atoms with Crippen LogP contribution in [-0.4, -0.2) is 67.4 Å². The predicted molar refractivity (Wildman–Crippen MR) is 216 cm³/mol. The average molecular weight is 838 g/mol. The fourth-order valence-corrected chi connectivity index (χ4v) is 9.60. The van der Waals surface area contributed by atoms with Crippen LogP contribution >= 0.6 is 0 Å². The third kappa shape index (κ3) is 9.39. The molecule has 14 heteroatoms. The van der Waals surface area contributed by atoms with Gasteiger partial charge in [0, 0.05) is 68.3 Å². The van der Waals surface area contributed by atoms with Crippen molar-refractivity contribution < 1.29 is 40.6 Å². The van der Waals surface area contributed by atoms with Gasteiger partial charge in [-0.3, -0.25) is 4.98 Å². The van der Waals surface area contributed by atoms with E-state index in [1.807, 2.05) is 36.7 Å². The van der Waals surface area contributed by atoms with Crippen LogP contribution in [0.1, 0.15) is 122 Å². The second-order valence-electron chi connectivity index (χ2n) is 17.7. The Kier molecular flexibility index (Phi) is 12.1. The molecule has 0 amide bonds. The summed E-state index contributed by atoms with van der Waals surface area (Å²) in [6.45, 7) is 8.75. The van der Waals surface area contributed by atoms with E-state index in [1.165, 1.54) is 6.07 Å². The van der Waals surface area contributed by atoms with Crippen molar-refractivity contribution in [2.75, 3.05) is 56.3 Å². The highest BCUT2D eigenvalue weighted by atomic mass is 19.4. The Bertz CT molecular complexity index is 2110. The maximum atomic E-state index is 15.9. The summed E-state index contributed by atoms with van der Waals surface area (Å²) in [6, 6.07) is 10.3. The standard InChI is InChI=1S/C46H53F6N5O3/c1-44(2)24-38-41(39(25-44)60-28-29-4-8-35(58-3)9-5-29)40(30-10-14-45(48,49)15-11-30)36(22-32-6-7-33(23-37(32)47)46(50,51)52)42(55-38)31-12-16-57(17-13-31)43-53-26-34(27-54-43)56-18-20-59-21-19-56/h4-9,23,26-27,30-31,39H,10-22,24-25,28H2,1-3H3/t39-/m0/s1. The molecule has 2 aliphatic carbocycles. The number of ether oxygens (including phenoxy) is 3. The predicted octanol–water partition coefficient (Wildman–Crippen LogP) is 10.4. The number of aromatic nitrogens is 3. The van der Waals surface area contributed by atoms with Crippen LogP contribution in [0.5, 0.6) is 5.75 Å². The number of hydrogen-bond donors (Lipinski definition) is 0. The lowest BCUT2D eigenvalue weighted by molar-refractivity contribution is -0.137. The highest BCUT2D eigenvalue weighted by molar-refractivity contribution is 5.51. The number of methoxy groups -OCH3 is 1. The molecule has 1 atom stereocenters. The van der Waals surface area contributed by atoms with Gasteiger partial charge in [0.05, 0.1) is 56.7 Å². The van der Waals surface area contributed by atoms with Gasteiger partial charge in [0.1, 0.15) is 11.6 Å². The Morgan fingerprint density at radius 1 is 0.850 bits per heavy atom. The van der Waals surface area contributed by atoms with E-state index in [4.69, 9.17) is 29.2 Å². The van der Waals surface area contributed by atoms with E-state index in [0.29, 0.717) is 64.0 Å². The molecule has 4 aliphatic rings. The lowest BCUT2D eigenvalue weighted by atomic mass is 9.68. The van der Waals surface area contributed by atoms with Crippen LogP contribution < -0.4 is 14.5 Å². The normalized spacial score (nSPS) is 21.2. The van der Waals surface area contributed by atoms with E-state index in [9.17, 15) is 22.0 Å². The van der Waals surface area contributed by atoms with Crippen LogP contribution in [0.2, 0.25) is 0 Å². The van der Waals surface area contributed by atoms with Gasteiger partial charge in [0.2, 0.25) is 11.9 Å². The van der Waals surface area contributed by atoms with Crippen LogP contribution in [0.3, 0.4) is 0 Å². The smallest absolute Gasteiger partial charge is 0.416 e. The fraction of sp³-hybridized carbons (Fsp3) is 0.543. The van der Waals surface area contributed by atoms with Gasteiger partial charge >= 0.3 is 6.18 Å². The molecule has 2 aliphatic heterocycles. The minimum absolute atomic E-state index is 0.0251. The molecule has 0 bridgehead atoms. The lowest BCUT2D eigenvalue weighted by Gasteiger charge is -2.42. The molecule has 1 saturated carbocycles. The third-order valence-corrected chi connectivity index (χ3v) is 12.8. The first-order valence-corrected chi connectivity index (χ1v) is 21.1. The zero-order valence-corrected chi connectivity index (χ0v) is 34.5. The quantitative estimate of drug-likeness (QED) is 0.146. The lowest BCUT2D eigenvalue weighted by Crippen LogP contribution is -2.37. The van der Waals surface area contributed by atoms with Crippen molar-refractivity contribution in [1.29, 1.82) is 0 Å². The summed E-state index contributed by atoms with van der Waals surface area (Å²) >= 11 is 0. The van der Waals surface area contributed by atoms with Crippen molar-refractivity contribution in [3.63, 3.8) is 0 Å². The molecule has 0 radical (unpaired) electrons. The van der Waals surface area contributed by atoms with Crippen molar-refractivity contribution in [3.05, 3.63) is 105 Å². The molecule has 60 heavy (non-hydrogen) atoms. The van der Waals surface area contributed by atoms with Crippen molar-refractivity contribution in [2.45, 2.75) is 108 Å². The molecule has 2 aromatic carbocycles. The van der Waals surface area contributed by atoms with Crippen molar-refractivity contribution in [1.82, 2.24) is 15.0 Å². The highest BCUT2D eigenvalue weighted by Crippen LogP contribution is 2.52. The molecule has 322 valence electrons. The number of piperidine rings is 1. The molecule has 3 fully saturated rings. The average Bonchev–Trinajstić information content (AvgIpc) is 3.23. The van der Waals surface area contributed by atoms with Crippen LogP contribution in [0.15, 0.2) is 54.9 Å². The second kappa shape index (κ2) is 17.1. The number of nitrogens with zero attached hydrogens (tertiary/aromatic N) is 5. The first-order valence-electron chi connectivity index (χ1n) is 21.1. The van der Waals surface area contributed by atoms with Crippen molar-refractivity contribution >= 4 is 11.6 Å². The number of fused-ring (bicyclic) bond motifs is 1. The molecule has 8 rings (SSSR count). The SMILES string of the molecule is COc1ccc(CO[C@H]2CC(C)(C)Cc3nc(C4CCN(c5ncc(N6CCOCC6)cn5)CC4)c(Cc4ccc(C(F)(F)F)cc4F)c(C4CCC(F)(F)CC4)c32)cc1. The summed E-state index contributed by atoms with van der Waals surface area (Å²) in [6.07, 6.45) is 0.986. The molecule has 0 N–H and O–H groups in total. The molecule has 0 spiro atoms. The molecular formula is C46H53F6N5O3. The number of morpholine rings is 1. The summed E-state index contributed by atoms with van der Waals surface area (Å²) in [5.74, 6) is -2.79.